The second-order valence-corrected chi connectivity index (χ2v) is 6.00. The van der Waals surface area contributed by atoms with Gasteiger partial charge in [-0.05, 0) is 29.8 Å². The number of hydrogen-bond donors (Lipinski definition) is 1. The third-order valence-corrected chi connectivity index (χ3v) is 4.09. The van der Waals surface area contributed by atoms with Gasteiger partial charge >= 0.3 is 0 Å². The Morgan fingerprint density at radius 2 is 1.96 bits per heavy atom. The van der Waals surface area contributed by atoms with Gasteiger partial charge in [0.1, 0.15) is 25.4 Å². The molecule has 1 amide bonds. The summed E-state index contributed by atoms with van der Waals surface area (Å²) in [5.74, 6) is 1.30. The van der Waals surface area contributed by atoms with Crippen LogP contribution in [0.25, 0.3) is 0 Å². The molecule has 4 rings (SSSR count). The summed E-state index contributed by atoms with van der Waals surface area (Å²) in [7, 11) is 0. The Labute approximate surface area is 150 Å². The molecule has 7 nitrogen and oxygen atoms in total. The fraction of sp³-hybridized carbons (Fsp3) is 0.211. The zero-order chi connectivity index (χ0) is 17.8. The maximum Gasteiger partial charge on any atom is 0.251 e. The van der Waals surface area contributed by atoms with Gasteiger partial charge in [0.05, 0.1) is 13.1 Å². The molecule has 1 aromatic heterocycles. The molecule has 0 aliphatic carbocycles. The van der Waals surface area contributed by atoms with Crippen molar-refractivity contribution in [3.8, 4) is 11.5 Å². The van der Waals surface area contributed by atoms with Crippen molar-refractivity contribution in [3.63, 3.8) is 0 Å². The molecule has 1 aliphatic heterocycles. The molecule has 0 unspecified atom stereocenters. The van der Waals surface area contributed by atoms with Crippen molar-refractivity contribution in [1.29, 1.82) is 0 Å². The van der Waals surface area contributed by atoms with Crippen molar-refractivity contribution in [2.24, 2.45) is 0 Å². The number of nitrogens with zero attached hydrogens (tertiary/aromatic N) is 3. The Bertz CT molecular complexity index is 878. The van der Waals surface area contributed by atoms with Crippen LogP contribution in [0, 0.1) is 0 Å². The number of para-hydroxylation sites is 2. The van der Waals surface area contributed by atoms with Crippen LogP contribution in [0.1, 0.15) is 15.9 Å². The molecule has 0 saturated heterocycles. The monoisotopic (exact) mass is 350 g/mol. The second-order valence-electron chi connectivity index (χ2n) is 6.00. The minimum absolute atomic E-state index is 0.139. The van der Waals surface area contributed by atoms with E-state index in [2.05, 4.69) is 15.4 Å². The molecule has 1 atom stereocenters. The summed E-state index contributed by atoms with van der Waals surface area (Å²) in [6.45, 7) is 1.41. The van der Waals surface area contributed by atoms with E-state index in [0.29, 0.717) is 31.0 Å². The summed E-state index contributed by atoms with van der Waals surface area (Å²) in [5.41, 5.74) is 1.65. The van der Waals surface area contributed by atoms with E-state index in [1.54, 1.807) is 23.1 Å². The Balaban J connectivity index is 1.31. The van der Waals surface area contributed by atoms with Gasteiger partial charge in [-0.3, -0.25) is 4.79 Å². The maximum absolute atomic E-state index is 12.3. The first kappa shape index (κ1) is 16.1. The average molecular weight is 350 g/mol. The number of amides is 1. The SMILES string of the molecule is O=C(NC[C@H]1COc2ccccc2O1)c1ccc(Cn2cncn2)cc1. The molecule has 3 aromatic rings. The molecule has 1 aliphatic rings. The predicted octanol–water partition coefficient (Wildman–Crippen LogP) is 1.90. The molecule has 2 heterocycles. The fourth-order valence-corrected chi connectivity index (χ4v) is 2.74. The summed E-state index contributed by atoms with van der Waals surface area (Å²) in [5, 5.41) is 6.96. The highest BCUT2D eigenvalue weighted by Crippen LogP contribution is 2.30. The van der Waals surface area contributed by atoms with E-state index in [9.17, 15) is 4.79 Å². The van der Waals surface area contributed by atoms with Crippen molar-refractivity contribution in [3.05, 3.63) is 72.3 Å². The highest BCUT2D eigenvalue weighted by atomic mass is 16.6. The lowest BCUT2D eigenvalue weighted by Gasteiger charge is -2.26. The highest BCUT2D eigenvalue weighted by Gasteiger charge is 2.21. The second kappa shape index (κ2) is 7.26. The van der Waals surface area contributed by atoms with Crippen LogP contribution in [0.15, 0.2) is 61.2 Å². The van der Waals surface area contributed by atoms with Crippen molar-refractivity contribution in [1.82, 2.24) is 20.1 Å². The van der Waals surface area contributed by atoms with Gasteiger partial charge in [0.2, 0.25) is 0 Å². The van der Waals surface area contributed by atoms with Gasteiger partial charge in [-0.25, -0.2) is 9.67 Å². The molecular weight excluding hydrogens is 332 g/mol. The van der Waals surface area contributed by atoms with Gasteiger partial charge in [0.25, 0.3) is 5.91 Å². The van der Waals surface area contributed by atoms with Gasteiger partial charge in [0.15, 0.2) is 11.5 Å². The van der Waals surface area contributed by atoms with Crippen LogP contribution in [0.5, 0.6) is 11.5 Å². The number of aromatic nitrogens is 3. The summed E-state index contributed by atoms with van der Waals surface area (Å²) in [4.78, 5) is 16.2. The standard InChI is InChI=1S/C19H18N4O3/c24-19(15-7-5-14(6-8-15)10-23-13-20-12-22-23)21-9-16-11-25-17-3-1-2-4-18(17)26-16/h1-8,12-13,16H,9-11H2,(H,21,24)/t16-/m0/s1. The van der Waals surface area contributed by atoms with Crippen molar-refractivity contribution in [2.45, 2.75) is 12.6 Å². The van der Waals surface area contributed by atoms with Crippen molar-refractivity contribution in [2.75, 3.05) is 13.2 Å². The quantitative estimate of drug-likeness (QED) is 0.760. The molecule has 0 bridgehead atoms. The Kier molecular flexibility index (Phi) is 4.51. The topological polar surface area (TPSA) is 78.3 Å². The summed E-state index contributed by atoms with van der Waals surface area (Å²) >= 11 is 0. The lowest BCUT2D eigenvalue weighted by Crippen LogP contribution is -2.40. The maximum atomic E-state index is 12.3. The zero-order valence-corrected chi connectivity index (χ0v) is 14.0. The summed E-state index contributed by atoms with van der Waals surface area (Å²) < 4.78 is 13.2. The van der Waals surface area contributed by atoms with E-state index in [0.717, 1.165) is 11.3 Å². The van der Waals surface area contributed by atoms with E-state index in [4.69, 9.17) is 9.47 Å². The van der Waals surface area contributed by atoms with E-state index in [1.165, 1.54) is 6.33 Å². The number of carbonyl (C=O) groups excluding carboxylic acids is 1. The van der Waals surface area contributed by atoms with Crippen LogP contribution in [-0.2, 0) is 6.54 Å². The predicted molar refractivity (Wildman–Crippen MR) is 94.3 cm³/mol. The summed E-state index contributed by atoms with van der Waals surface area (Å²) in [6, 6.07) is 14.9. The van der Waals surface area contributed by atoms with Gasteiger partial charge in [-0.2, -0.15) is 5.10 Å². The molecule has 1 N–H and O–H groups in total. The Hall–Kier alpha value is -3.35. The number of fused-ring (bicyclic) bond motifs is 1. The van der Waals surface area contributed by atoms with Gasteiger partial charge in [0, 0.05) is 5.56 Å². The first-order chi connectivity index (χ1) is 12.8. The minimum Gasteiger partial charge on any atom is -0.486 e. The number of rotatable bonds is 5. The molecule has 7 heteroatoms. The molecule has 0 fully saturated rings. The first-order valence-electron chi connectivity index (χ1n) is 8.36. The molecule has 26 heavy (non-hydrogen) atoms. The van der Waals surface area contributed by atoms with Crippen LogP contribution in [0.3, 0.4) is 0 Å². The highest BCUT2D eigenvalue weighted by molar-refractivity contribution is 5.94. The Morgan fingerprint density at radius 3 is 2.73 bits per heavy atom. The van der Waals surface area contributed by atoms with E-state index in [1.807, 2.05) is 36.4 Å². The van der Waals surface area contributed by atoms with Crippen LogP contribution in [0.2, 0.25) is 0 Å². The number of benzene rings is 2. The molecule has 0 radical (unpaired) electrons. The van der Waals surface area contributed by atoms with Crippen LogP contribution in [0.4, 0.5) is 0 Å². The fourth-order valence-electron chi connectivity index (χ4n) is 2.74. The van der Waals surface area contributed by atoms with Crippen LogP contribution in [-0.4, -0.2) is 39.9 Å². The van der Waals surface area contributed by atoms with E-state index < -0.39 is 0 Å². The van der Waals surface area contributed by atoms with E-state index in [-0.39, 0.29) is 12.0 Å². The lowest BCUT2D eigenvalue weighted by molar-refractivity contribution is 0.0789. The zero-order valence-electron chi connectivity index (χ0n) is 14.0. The lowest BCUT2D eigenvalue weighted by atomic mass is 10.1. The van der Waals surface area contributed by atoms with Crippen LogP contribution < -0.4 is 14.8 Å². The number of ether oxygens (including phenoxy) is 2. The van der Waals surface area contributed by atoms with Crippen molar-refractivity contribution >= 4 is 5.91 Å². The van der Waals surface area contributed by atoms with Gasteiger partial charge in [-0.1, -0.05) is 24.3 Å². The molecule has 132 valence electrons. The smallest absolute Gasteiger partial charge is 0.251 e. The molecular formula is C19H18N4O3. The number of carbonyl (C=O) groups is 1. The molecule has 0 spiro atoms. The first-order valence-corrected chi connectivity index (χ1v) is 8.36. The normalized spacial score (nSPS) is 15.5. The molecule has 0 saturated carbocycles. The van der Waals surface area contributed by atoms with Gasteiger partial charge < -0.3 is 14.8 Å². The average Bonchev–Trinajstić information content (AvgIpc) is 3.19. The third kappa shape index (κ3) is 3.66. The van der Waals surface area contributed by atoms with E-state index >= 15 is 0 Å². The van der Waals surface area contributed by atoms with Crippen molar-refractivity contribution < 1.29 is 14.3 Å². The summed E-state index contributed by atoms with van der Waals surface area (Å²) in [6.07, 6.45) is 2.95. The number of nitrogens with one attached hydrogen (secondary N) is 1. The molecule has 2 aromatic carbocycles. The third-order valence-electron chi connectivity index (χ3n) is 4.09. The number of hydrogen-bond acceptors (Lipinski definition) is 5. The minimum atomic E-state index is -0.208. The van der Waals surface area contributed by atoms with Gasteiger partial charge in [-0.15, -0.1) is 0 Å². The Morgan fingerprint density at radius 1 is 1.15 bits per heavy atom. The van der Waals surface area contributed by atoms with Crippen LogP contribution >= 0.6 is 0 Å². The largest absolute Gasteiger partial charge is 0.486 e.